The molecule has 1 aromatic rings. The van der Waals surface area contributed by atoms with Gasteiger partial charge >= 0.3 is 0 Å². The number of dihydropyridines is 1. The molecule has 0 bridgehead atoms. The summed E-state index contributed by atoms with van der Waals surface area (Å²) in [5, 5.41) is 7.55. The van der Waals surface area contributed by atoms with Gasteiger partial charge in [0.1, 0.15) is 5.75 Å². The van der Waals surface area contributed by atoms with Crippen molar-refractivity contribution < 1.29 is 4.74 Å². The van der Waals surface area contributed by atoms with Crippen molar-refractivity contribution in [2.24, 2.45) is 0 Å². The number of rotatable bonds is 2. The summed E-state index contributed by atoms with van der Waals surface area (Å²) in [5.74, 6) is 0.963. The Morgan fingerprint density at radius 1 is 1.19 bits per heavy atom. The van der Waals surface area contributed by atoms with Gasteiger partial charge in [0.15, 0.2) is 5.11 Å². The fraction of sp³-hybridized carbons (Fsp3) is 0.381. The number of nitrogens with zero attached hydrogens (tertiary/aromatic N) is 2. The first-order valence-corrected chi connectivity index (χ1v) is 10.0. The van der Waals surface area contributed by atoms with Crippen LogP contribution in [-0.2, 0) is 0 Å². The van der Waals surface area contributed by atoms with E-state index in [0.717, 1.165) is 56.5 Å². The van der Waals surface area contributed by atoms with Crippen molar-refractivity contribution >= 4 is 22.9 Å². The summed E-state index contributed by atoms with van der Waals surface area (Å²) < 4.78 is 5.84. The molecule has 0 spiro atoms. The Morgan fingerprint density at radius 3 is 2.85 bits per heavy atom. The van der Waals surface area contributed by atoms with Crippen molar-refractivity contribution in [1.82, 2.24) is 20.4 Å². The first-order valence-electron chi connectivity index (χ1n) is 9.61. The van der Waals surface area contributed by atoms with Crippen molar-refractivity contribution in [2.45, 2.75) is 19.0 Å². The highest BCUT2D eigenvalue weighted by molar-refractivity contribution is 7.80. The third kappa shape index (κ3) is 4.34. The van der Waals surface area contributed by atoms with Gasteiger partial charge in [0.05, 0.1) is 12.8 Å². The lowest BCUT2D eigenvalue weighted by atomic mass is 10.0. The molecule has 27 heavy (non-hydrogen) atoms. The summed E-state index contributed by atoms with van der Waals surface area (Å²) >= 11 is 5.65. The Kier molecular flexibility index (Phi) is 5.75. The van der Waals surface area contributed by atoms with Crippen molar-refractivity contribution in [3.8, 4) is 5.75 Å². The predicted molar refractivity (Wildman–Crippen MR) is 113 cm³/mol. The first kappa shape index (κ1) is 18.1. The SMILES string of the molecule is S=C(N/C=C1/CCCOc2ccccc21)N1CCN(C2C=CC=CN2)CC1. The topological polar surface area (TPSA) is 39.8 Å². The monoisotopic (exact) mass is 382 g/mol. The van der Waals surface area contributed by atoms with Gasteiger partial charge in [-0.3, -0.25) is 4.90 Å². The average molecular weight is 383 g/mol. The van der Waals surface area contributed by atoms with Gasteiger partial charge in [0.25, 0.3) is 0 Å². The van der Waals surface area contributed by atoms with Crippen LogP contribution in [0, 0.1) is 0 Å². The fourth-order valence-electron chi connectivity index (χ4n) is 3.69. The summed E-state index contributed by atoms with van der Waals surface area (Å²) in [6.07, 6.45) is 12.7. The number of allylic oxidation sites excluding steroid dienone is 3. The summed E-state index contributed by atoms with van der Waals surface area (Å²) in [6.45, 7) is 4.62. The molecule has 1 saturated heterocycles. The van der Waals surface area contributed by atoms with Crippen LogP contribution in [0.15, 0.2) is 54.9 Å². The smallest absolute Gasteiger partial charge is 0.173 e. The molecule has 3 heterocycles. The maximum Gasteiger partial charge on any atom is 0.173 e. The number of fused-ring (bicyclic) bond motifs is 1. The van der Waals surface area contributed by atoms with E-state index in [1.54, 1.807) is 0 Å². The Labute approximate surface area is 166 Å². The lowest BCUT2D eigenvalue weighted by Gasteiger charge is -2.39. The lowest BCUT2D eigenvalue weighted by molar-refractivity contribution is 0.142. The minimum atomic E-state index is 0.295. The van der Waals surface area contributed by atoms with Crippen LogP contribution >= 0.6 is 12.2 Å². The van der Waals surface area contributed by atoms with Crippen LogP contribution in [0.5, 0.6) is 5.75 Å². The van der Waals surface area contributed by atoms with Crippen LogP contribution in [0.1, 0.15) is 18.4 Å². The van der Waals surface area contributed by atoms with E-state index in [-0.39, 0.29) is 0 Å². The normalized spacial score (nSPS) is 23.9. The minimum Gasteiger partial charge on any atom is -0.493 e. The predicted octanol–water partition coefficient (Wildman–Crippen LogP) is 2.69. The molecule has 0 saturated carbocycles. The average Bonchev–Trinajstić information content (AvgIpc) is 2.95. The Hall–Kier alpha value is -2.31. The van der Waals surface area contributed by atoms with E-state index in [1.165, 1.54) is 11.1 Å². The zero-order chi connectivity index (χ0) is 18.5. The van der Waals surface area contributed by atoms with E-state index < -0.39 is 0 Å². The number of nitrogens with one attached hydrogen (secondary N) is 2. The molecule has 0 aromatic heterocycles. The quantitative estimate of drug-likeness (QED) is 0.767. The molecule has 5 nitrogen and oxygen atoms in total. The van der Waals surface area contributed by atoms with Crippen LogP contribution in [0.3, 0.4) is 0 Å². The first-order chi connectivity index (χ1) is 13.3. The third-order valence-corrected chi connectivity index (χ3v) is 5.59. The molecule has 3 aliphatic heterocycles. The van der Waals surface area contributed by atoms with Crippen LogP contribution in [-0.4, -0.2) is 53.9 Å². The maximum atomic E-state index is 5.84. The maximum absolute atomic E-state index is 5.84. The van der Waals surface area contributed by atoms with Crippen LogP contribution < -0.4 is 15.4 Å². The molecule has 1 atom stereocenters. The van der Waals surface area contributed by atoms with Gasteiger partial charge in [-0.05, 0) is 55.1 Å². The van der Waals surface area contributed by atoms with Crippen molar-refractivity contribution in [3.05, 3.63) is 60.5 Å². The molecule has 3 aliphatic rings. The highest BCUT2D eigenvalue weighted by Crippen LogP contribution is 2.31. The van der Waals surface area contributed by atoms with E-state index in [9.17, 15) is 0 Å². The van der Waals surface area contributed by atoms with E-state index in [0.29, 0.717) is 6.17 Å². The molecule has 2 N–H and O–H groups in total. The Balaban J connectivity index is 1.34. The summed E-state index contributed by atoms with van der Waals surface area (Å²) in [5.41, 5.74) is 2.42. The fourth-order valence-corrected chi connectivity index (χ4v) is 3.93. The molecule has 142 valence electrons. The van der Waals surface area contributed by atoms with Crippen molar-refractivity contribution in [2.75, 3.05) is 32.8 Å². The molecule has 0 aliphatic carbocycles. The molecule has 6 heteroatoms. The van der Waals surface area contributed by atoms with Gasteiger partial charge in [0, 0.05) is 37.9 Å². The second-order valence-corrected chi connectivity index (χ2v) is 7.33. The molecule has 1 unspecified atom stereocenters. The van der Waals surface area contributed by atoms with Crippen molar-refractivity contribution in [3.63, 3.8) is 0 Å². The zero-order valence-corrected chi connectivity index (χ0v) is 16.3. The molecule has 0 radical (unpaired) electrons. The second-order valence-electron chi connectivity index (χ2n) is 6.95. The van der Waals surface area contributed by atoms with Gasteiger partial charge in [0.2, 0.25) is 0 Å². The molecular formula is C21H26N4OS. The van der Waals surface area contributed by atoms with Gasteiger partial charge in [-0.25, -0.2) is 0 Å². The number of piperazine rings is 1. The summed E-state index contributed by atoms with van der Waals surface area (Å²) in [7, 11) is 0. The second kappa shape index (κ2) is 8.59. The number of hydrogen-bond acceptors (Lipinski definition) is 4. The number of hydrogen-bond donors (Lipinski definition) is 2. The molecule has 4 rings (SSSR count). The molecular weight excluding hydrogens is 356 g/mol. The van der Waals surface area contributed by atoms with E-state index in [1.807, 2.05) is 24.4 Å². The highest BCUT2D eigenvalue weighted by Gasteiger charge is 2.23. The number of ether oxygens (including phenoxy) is 1. The molecule has 0 amide bonds. The van der Waals surface area contributed by atoms with E-state index >= 15 is 0 Å². The number of thiocarbonyl (C=S) groups is 1. The summed E-state index contributed by atoms with van der Waals surface area (Å²) in [6, 6.07) is 8.23. The number of benzene rings is 1. The van der Waals surface area contributed by atoms with Crippen LogP contribution in [0.25, 0.3) is 5.57 Å². The van der Waals surface area contributed by atoms with Crippen LogP contribution in [0.4, 0.5) is 0 Å². The van der Waals surface area contributed by atoms with Crippen molar-refractivity contribution in [1.29, 1.82) is 0 Å². The van der Waals surface area contributed by atoms with Crippen LogP contribution in [0.2, 0.25) is 0 Å². The summed E-state index contributed by atoms with van der Waals surface area (Å²) in [4.78, 5) is 4.70. The zero-order valence-electron chi connectivity index (χ0n) is 15.4. The van der Waals surface area contributed by atoms with Gasteiger partial charge in [-0.1, -0.05) is 24.3 Å². The Bertz CT molecular complexity index is 765. The third-order valence-electron chi connectivity index (χ3n) is 5.21. The van der Waals surface area contributed by atoms with Gasteiger partial charge in [-0.15, -0.1) is 0 Å². The highest BCUT2D eigenvalue weighted by atomic mass is 32.1. The standard InChI is InChI=1S/C21H26N4OS/c27-21(25-13-11-24(12-14-25)20-9-3-4-10-22-20)23-16-17-6-5-15-26-19-8-2-1-7-18(17)19/h1-4,7-10,16,20,22H,5-6,11-15H2,(H,23,27)/b17-16-. The largest absolute Gasteiger partial charge is 0.493 e. The van der Waals surface area contributed by atoms with Gasteiger partial charge in [-0.2, -0.15) is 0 Å². The lowest BCUT2D eigenvalue weighted by Crippen LogP contribution is -2.55. The number of para-hydroxylation sites is 1. The van der Waals surface area contributed by atoms with E-state index in [4.69, 9.17) is 17.0 Å². The van der Waals surface area contributed by atoms with E-state index in [2.05, 4.69) is 50.9 Å². The Morgan fingerprint density at radius 2 is 2.04 bits per heavy atom. The molecule has 1 aromatic carbocycles. The van der Waals surface area contributed by atoms with Gasteiger partial charge < -0.3 is 20.3 Å². The minimum absolute atomic E-state index is 0.295. The molecule has 1 fully saturated rings.